The molecular weight excluding hydrogens is 258 g/mol. The van der Waals surface area contributed by atoms with Gasteiger partial charge in [-0.15, -0.1) is 0 Å². The van der Waals surface area contributed by atoms with Gasteiger partial charge in [-0.1, -0.05) is 29.8 Å². The number of amides is 1. The lowest BCUT2D eigenvalue weighted by molar-refractivity contribution is -0.124. The standard InChI is InChI=1S/C11H20BrNO2/c1-8(2)5-10(12)6-13-11(14)9-3-4-15-7-9/h8-10H,3-7H2,1-2H3,(H,13,14). The van der Waals surface area contributed by atoms with Gasteiger partial charge in [-0.2, -0.15) is 0 Å². The van der Waals surface area contributed by atoms with Crippen LogP contribution in [0.25, 0.3) is 0 Å². The summed E-state index contributed by atoms with van der Waals surface area (Å²) in [6.07, 6.45) is 1.95. The first-order chi connectivity index (χ1) is 7.09. The number of carbonyl (C=O) groups excluding carboxylic acids is 1. The Balaban J connectivity index is 2.15. The summed E-state index contributed by atoms with van der Waals surface area (Å²) in [5.41, 5.74) is 0. The van der Waals surface area contributed by atoms with Crippen molar-refractivity contribution >= 4 is 21.8 Å². The second-order valence-corrected chi connectivity index (χ2v) is 5.83. The van der Waals surface area contributed by atoms with Crippen LogP contribution in [-0.2, 0) is 9.53 Å². The van der Waals surface area contributed by atoms with Crippen molar-refractivity contribution in [1.82, 2.24) is 5.32 Å². The van der Waals surface area contributed by atoms with Crippen LogP contribution in [0.5, 0.6) is 0 Å². The number of alkyl halides is 1. The second-order valence-electron chi connectivity index (χ2n) is 4.53. The molecule has 3 nitrogen and oxygen atoms in total. The van der Waals surface area contributed by atoms with Gasteiger partial charge in [0.05, 0.1) is 12.5 Å². The van der Waals surface area contributed by atoms with Gasteiger partial charge in [-0.3, -0.25) is 4.79 Å². The third kappa shape index (κ3) is 4.98. The van der Waals surface area contributed by atoms with E-state index in [1.54, 1.807) is 0 Å². The minimum atomic E-state index is 0.0729. The molecule has 1 amide bonds. The Hall–Kier alpha value is -0.0900. The largest absolute Gasteiger partial charge is 0.381 e. The van der Waals surface area contributed by atoms with Crippen LogP contribution in [0.4, 0.5) is 0 Å². The van der Waals surface area contributed by atoms with Gasteiger partial charge < -0.3 is 10.1 Å². The van der Waals surface area contributed by atoms with Crippen LogP contribution in [0.15, 0.2) is 0 Å². The number of nitrogens with one attached hydrogen (secondary N) is 1. The lowest BCUT2D eigenvalue weighted by atomic mass is 10.1. The van der Waals surface area contributed by atoms with Crippen LogP contribution in [0, 0.1) is 11.8 Å². The monoisotopic (exact) mass is 277 g/mol. The van der Waals surface area contributed by atoms with E-state index in [4.69, 9.17) is 4.74 Å². The molecule has 2 atom stereocenters. The summed E-state index contributed by atoms with van der Waals surface area (Å²) in [4.78, 5) is 12.0. The molecule has 1 fully saturated rings. The van der Waals surface area contributed by atoms with E-state index in [-0.39, 0.29) is 11.8 Å². The molecule has 1 heterocycles. The Labute approximate surface area is 100 Å². The molecule has 0 radical (unpaired) electrons. The van der Waals surface area contributed by atoms with Crippen molar-refractivity contribution in [3.05, 3.63) is 0 Å². The molecule has 1 aliphatic rings. The summed E-state index contributed by atoms with van der Waals surface area (Å²) < 4.78 is 5.18. The highest BCUT2D eigenvalue weighted by molar-refractivity contribution is 9.09. The number of rotatable bonds is 5. The summed E-state index contributed by atoms with van der Waals surface area (Å²) in [5.74, 6) is 0.866. The molecule has 0 saturated carbocycles. The average molecular weight is 278 g/mol. The molecule has 15 heavy (non-hydrogen) atoms. The van der Waals surface area contributed by atoms with Crippen LogP contribution < -0.4 is 5.32 Å². The fraction of sp³-hybridized carbons (Fsp3) is 0.909. The summed E-state index contributed by atoms with van der Waals surface area (Å²) in [6, 6.07) is 0. The maximum Gasteiger partial charge on any atom is 0.225 e. The number of ether oxygens (including phenoxy) is 1. The molecule has 0 aromatic heterocycles. The fourth-order valence-electron chi connectivity index (χ4n) is 1.69. The van der Waals surface area contributed by atoms with E-state index in [1.165, 1.54) is 0 Å². The third-order valence-corrected chi connectivity index (χ3v) is 3.22. The van der Waals surface area contributed by atoms with Gasteiger partial charge in [0.1, 0.15) is 0 Å². The van der Waals surface area contributed by atoms with Crippen LogP contribution in [0.2, 0.25) is 0 Å². The van der Waals surface area contributed by atoms with Gasteiger partial charge in [0.2, 0.25) is 5.91 Å². The third-order valence-electron chi connectivity index (χ3n) is 2.53. The molecule has 1 N–H and O–H groups in total. The van der Waals surface area contributed by atoms with Crippen LogP contribution >= 0.6 is 15.9 Å². The van der Waals surface area contributed by atoms with Crippen molar-refractivity contribution in [3.63, 3.8) is 0 Å². The average Bonchev–Trinajstić information content (AvgIpc) is 2.65. The Kier molecular flexibility index (Phi) is 5.61. The molecule has 1 rings (SSSR count). The fourth-order valence-corrected chi connectivity index (χ4v) is 2.60. The molecule has 0 bridgehead atoms. The molecule has 1 aliphatic heterocycles. The zero-order chi connectivity index (χ0) is 11.3. The minimum Gasteiger partial charge on any atom is -0.381 e. The summed E-state index contributed by atoms with van der Waals surface area (Å²) in [5, 5.41) is 2.96. The van der Waals surface area contributed by atoms with Crippen molar-refractivity contribution in [3.8, 4) is 0 Å². The van der Waals surface area contributed by atoms with E-state index in [2.05, 4.69) is 35.1 Å². The lowest BCUT2D eigenvalue weighted by Gasteiger charge is -2.14. The van der Waals surface area contributed by atoms with E-state index >= 15 is 0 Å². The van der Waals surface area contributed by atoms with E-state index in [9.17, 15) is 4.79 Å². The molecule has 0 aromatic carbocycles. The van der Waals surface area contributed by atoms with Gasteiger partial charge in [0, 0.05) is 18.0 Å². The molecule has 0 aromatic rings. The van der Waals surface area contributed by atoms with Crippen molar-refractivity contribution < 1.29 is 9.53 Å². The molecular formula is C11H20BrNO2. The first-order valence-electron chi connectivity index (χ1n) is 5.59. The first kappa shape index (κ1) is 13.0. The van der Waals surface area contributed by atoms with E-state index in [0.29, 0.717) is 23.9 Å². The molecule has 1 saturated heterocycles. The zero-order valence-corrected chi connectivity index (χ0v) is 11.0. The zero-order valence-electron chi connectivity index (χ0n) is 9.46. The van der Waals surface area contributed by atoms with Crippen molar-refractivity contribution in [2.45, 2.75) is 31.5 Å². The normalized spacial score (nSPS) is 23.1. The second kappa shape index (κ2) is 6.48. The number of halogens is 1. The smallest absolute Gasteiger partial charge is 0.225 e. The van der Waals surface area contributed by atoms with Gasteiger partial charge in [-0.25, -0.2) is 0 Å². The van der Waals surface area contributed by atoms with Crippen molar-refractivity contribution in [2.24, 2.45) is 11.8 Å². The summed E-state index contributed by atoms with van der Waals surface area (Å²) >= 11 is 3.57. The van der Waals surface area contributed by atoms with Crippen LogP contribution in [0.1, 0.15) is 26.7 Å². The Morgan fingerprint density at radius 3 is 2.87 bits per heavy atom. The van der Waals surface area contributed by atoms with Gasteiger partial charge in [0.15, 0.2) is 0 Å². The molecule has 88 valence electrons. The van der Waals surface area contributed by atoms with Gasteiger partial charge in [0.25, 0.3) is 0 Å². The molecule has 2 unspecified atom stereocenters. The first-order valence-corrected chi connectivity index (χ1v) is 6.50. The number of hydrogen-bond acceptors (Lipinski definition) is 2. The molecule has 4 heteroatoms. The summed E-state index contributed by atoms with van der Waals surface area (Å²) in [7, 11) is 0. The van der Waals surface area contributed by atoms with Crippen LogP contribution in [0.3, 0.4) is 0 Å². The highest BCUT2D eigenvalue weighted by Gasteiger charge is 2.23. The van der Waals surface area contributed by atoms with E-state index < -0.39 is 0 Å². The SMILES string of the molecule is CC(C)CC(Br)CNC(=O)C1CCOC1. The Bertz CT molecular complexity index is 203. The maximum absolute atomic E-state index is 11.6. The highest BCUT2D eigenvalue weighted by Crippen LogP contribution is 2.14. The minimum absolute atomic E-state index is 0.0729. The summed E-state index contributed by atoms with van der Waals surface area (Å²) in [6.45, 7) is 6.39. The predicted octanol–water partition coefficient (Wildman–Crippen LogP) is 1.95. The van der Waals surface area contributed by atoms with E-state index in [1.807, 2.05) is 0 Å². The lowest BCUT2D eigenvalue weighted by Crippen LogP contribution is -2.35. The topological polar surface area (TPSA) is 38.3 Å². The number of carbonyl (C=O) groups is 1. The maximum atomic E-state index is 11.6. The number of hydrogen-bond donors (Lipinski definition) is 1. The molecule has 0 spiro atoms. The van der Waals surface area contributed by atoms with Crippen LogP contribution in [-0.4, -0.2) is 30.5 Å². The van der Waals surface area contributed by atoms with E-state index in [0.717, 1.165) is 19.4 Å². The molecule has 0 aliphatic carbocycles. The Morgan fingerprint density at radius 1 is 1.60 bits per heavy atom. The quantitative estimate of drug-likeness (QED) is 0.781. The van der Waals surface area contributed by atoms with Crippen molar-refractivity contribution in [2.75, 3.05) is 19.8 Å². The van der Waals surface area contributed by atoms with Crippen molar-refractivity contribution in [1.29, 1.82) is 0 Å². The predicted molar refractivity (Wildman–Crippen MR) is 64.1 cm³/mol. The Morgan fingerprint density at radius 2 is 2.33 bits per heavy atom. The van der Waals surface area contributed by atoms with Gasteiger partial charge >= 0.3 is 0 Å². The highest BCUT2D eigenvalue weighted by atomic mass is 79.9. The van der Waals surface area contributed by atoms with Gasteiger partial charge in [-0.05, 0) is 18.8 Å².